The van der Waals surface area contributed by atoms with E-state index in [4.69, 9.17) is 0 Å². The number of aryl methyl sites for hydroxylation is 1. The van der Waals surface area contributed by atoms with Crippen molar-refractivity contribution >= 4 is 29.1 Å². The van der Waals surface area contributed by atoms with E-state index >= 15 is 0 Å². The Morgan fingerprint density at radius 1 is 1.19 bits per heavy atom. The van der Waals surface area contributed by atoms with E-state index < -0.39 is 23.6 Å². The van der Waals surface area contributed by atoms with Crippen molar-refractivity contribution in [2.45, 2.75) is 79.1 Å². The first-order valence-corrected chi connectivity index (χ1v) is 13.3. The zero-order valence-corrected chi connectivity index (χ0v) is 22.8. The molecule has 0 radical (unpaired) electrons. The first-order valence-electron chi connectivity index (χ1n) is 12.4. The van der Waals surface area contributed by atoms with E-state index in [-0.39, 0.29) is 36.6 Å². The number of carbonyl (C=O) groups is 3. The molecule has 8 nitrogen and oxygen atoms in total. The summed E-state index contributed by atoms with van der Waals surface area (Å²) in [6, 6.07) is 6.34. The number of nitrogens with zero attached hydrogens (tertiary/aromatic N) is 2. The monoisotopic (exact) mass is 514 g/mol. The van der Waals surface area contributed by atoms with Gasteiger partial charge in [0.15, 0.2) is 0 Å². The molecular formula is C27H38N4O4S. The molecule has 196 valence electrons. The molecule has 1 saturated heterocycles. The average Bonchev–Trinajstić information content (AvgIpc) is 3.40. The van der Waals surface area contributed by atoms with Crippen molar-refractivity contribution in [3.05, 3.63) is 41.0 Å². The number of aliphatic hydroxyl groups is 1. The van der Waals surface area contributed by atoms with Gasteiger partial charge in [0, 0.05) is 25.9 Å². The second-order valence-corrected chi connectivity index (χ2v) is 11.9. The molecule has 9 heteroatoms. The third-order valence-electron chi connectivity index (χ3n) is 6.31. The standard InChI is InChI=1S/C27H38N4O4S/c1-16(2)11-22(33)30-24(27(4,5)6)26(35)31-14-20(32)12-21(31)25(34)28-13-18-7-9-19(10-8-18)23-17(3)29-15-36-23/h7-10,15-16,20-21,24,32H,11-14H2,1-6H3,(H,28,34)(H,30,33). The Labute approximate surface area is 217 Å². The van der Waals surface area contributed by atoms with Crippen molar-refractivity contribution in [3.8, 4) is 10.4 Å². The number of aromatic nitrogens is 1. The summed E-state index contributed by atoms with van der Waals surface area (Å²) in [6.07, 6.45) is -0.315. The molecule has 2 heterocycles. The predicted octanol–water partition coefficient (Wildman–Crippen LogP) is 3.27. The fourth-order valence-corrected chi connectivity index (χ4v) is 5.18. The largest absolute Gasteiger partial charge is 0.391 e. The SMILES string of the molecule is Cc1ncsc1-c1ccc(CNC(=O)C2CC(O)CN2C(=O)C(NC(=O)CC(C)C)C(C)(C)C)cc1. The predicted molar refractivity (Wildman–Crippen MR) is 141 cm³/mol. The highest BCUT2D eigenvalue weighted by atomic mass is 32.1. The summed E-state index contributed by atoms with van der Waals surface area (Å²) in [5, 5.41) is 16.1. The molecule has 3 N–H and O–H groups in total. The highest BCUT2D eigenvalue weighted by Crippen LogP contribution is 2.28. The number of rotatable bonds is 8. The van der Waals surface area contributed by atoms with E-state index in [9.17, 15) is 19.5 Å². The van der Waals surface area contributed by atoms with Crippen LogP contribution in [0.25, 0.3) is 10.4 Å². The van der Waals surface area contributed by atoms with Gasteiger partial charge in [0.25, 0.3) is 0 Å². The molecule has 1 aliphatic heterocycles. The molecule has 1 fully saturated rings. The van der Waals surface area contributed by atoms with Crippen LogP contribution in [0.3, 0.4) is 0 Å². The van der Waals surface area contributed by atoms with Crippen LogP contribution >= 0.6 is 11.3 Å². The number of carbonyl (C=O) groups excluding carboxylic acids is 3. The third kappa shape index (κ3) is 6.91. The molecule has 36 heavy (non-hydrogen) atoms. The third-order valence-corrected chi connectivity index (χ3v) is 7.28. The quantitative estimate of drug-likeness (QED) is 0.501. The summed E-state index contributed by atoms with van der Waals surface area (Å²) >= 11 is 1.59. The Morgan fingerprint density at radius 3 is 2.42 bits per heavy atom. The van der Waals surface area contributed by atoms with Crippen LogP contribution in [0.2, 0.25) is 0 Å². The molecule has 1 aromatic heterocycles. The van der Waals surface area contributed by atoms with Crippen LogP contribution < -0.4 is 10.6 Å². The first-order chi connectivity index (χ1) is 16.9. The molecule has 0 bridgehead atoms. The summed E-state index contributed by atoms with van der Waals surface area (Å²) < 4.78 is 0. The van der Waals surface area contributed by atoms with Gasteiger partial charge >= 0.3 is 0 Å². The van der Waals surface area contributed by atoms with Gasteiger partial charge in [-0.15, -0.1) is 11.3 Å². The van der Waals surface area contributed by atoms with E-state index in [0.717, 1.165) is 21.7 Å². The van der Waals surface area contributed by atoms with Crippen LogP contribution in [0, 0.1) is 18.3 Å². The summed E-state index contributed by atoms with van der Waals surface area (Å²) in [4.78, 5) is 45.9. The van der Waals surface area contributed by atoms with Gasteiger partial charge in [0.1, 0.15) is 12.1 Å². The number of amides is 3. The lowest BCUT2D eigenvalue weighted by Crippen LogP contribution is -2.57. The summed E-state index contributed by atoms with van der Waals surface area (Å²) in [5.41, 5.74) is 4.26. The van der Waals surface area contributed by atoms with E-state index in [1.807, 2.05) is 71.3 Å². The molecule has 2 aromatic rings. The van der Waals surface area contributed by atoms with Crippen molar-refractivity contribution in [2.75, 3.05) is 6.54 Å². The summed E-state index contributed by atoms with van der Waals surface area (Å²) in [6.45, 7) is 11.9. The summed E-state index contributed by atoms with van der Waals surface area (Å²) in [7, 11) is 0. The Hall–Kier alpha value is -2.78. The topological polar surface area (TPSA) is 112 Å². The lowest BCUT2D eigenvalue weighted by molar-refractivity contribution is -0.144. The fourth-order valence-electron chi connectivity index (χ4n) is 4.37. The van der Waals surface area contributed by atoms with Crippen molar-refractivity contribution in [1.29, 1.82) is 0 Å². The van der Waals surface area contributed by atoms with Crippen molar-refractivity contribution in [1.82, 2.24) is 20.5 Å². The minimum Gasteiger partial charge on any atom is -0.391 e. The van der Waals surface area contributed by atoms with Crippen LogP contribution in [-0.4, -0.2) is 57.4 Å². The Bertz CT molecular complexity index is 1070. The number of β-amino-alcohol motifs (C(OH)–C–C–N with tert-alkyl or cyclic N) is 1. The highest BCUT2D eigenvalue weighted by molar-refractivity contribution is 7.13. The van der Waals surface area contributed by atoms with E-state index in [2.05, 4.69) is 15.6 Å². The van der Waals surface area contributed by atoms with E-state index in [0.29, 0.717) is 13.0 Å². The normalized spacial score (nSPS) is 18.8. The number of nitrogens with one attached hydrogen (secondary N) is 2. The van der Waals surface area contributed by atoms with Gasteiger partial charge in [-0.25, -0.2) is 4.98 Å². The Kier molecular flexibility index (Phi) is 8.89. The molecule has 1 aliphatic rings. The minimum absolute atomic E-state index is 0.0620. The van der Waals surface area contributed by atoms with Gasteiger partial charge < -0.3 is 20.6 Å². The number of likely N-dealkylation sites (tertiary alicyclic amines) is 1. The minimum atomic E-state index is -0.799. The van der Waals surface area contributed by atoms with Gasteiger partial charge in [-0.2, -0.15) is 0 Å². The molecule has 1 aromatic carbocycles. The number of hydrogen-bond acceptors (Lipinski definition) is 6. The molecule has 3 atom stereocenters. The molecule has 3 unspecified atom stereocenters. The number of thiazole rings is 1. The van der Waals surface area contributed by atoms with E-state index in [1.54, 1.807) is 11.3 Å². The second-order valence-electron chi connectivity index (χ2n) is 11.0. The molecular weight excluding hydrogens is 476 g/mol. The van der Waals surface area contributed by atoms with Crippen molar-refractivity contribution in [3.63, 3.8) is 0 Å². The highest BCUT2D eigenvalue weighted by Gasteiger charge is 2.44. The molecule has 3 rings (SSSR count). The van der Waals surface area contributed by atoms with Gasteiger partial charge in [-0.05, 0) is 29.4 Å². The van der Waals surface area contributed by atoms with Gasteiger partial charge in [-0.3, -0.25) is 14.4 Å². The van der Waals surface area contributed by atoms with Gasteiger partial charge in [0.2, 0.25) is 17.7 Å². The summed E-state index contributed by atoms with van der Waals surface area (Å²) in [5.74, 6) is -0.701. The molecule has 3 amide bonds. The Morgan fingerprint density at radius 2 is 1.86 bits per heavy atom. The number of hydrogen-bond donors (Lipinski definition) is 3. The maximum atomic E-state index is 13.5. The molecule has 0 aliphatic carbocycles. The van der Waals surface area contributed by atoms with Crippen LogP contribution in [0.1, 0.15) is 58.7 Å². The van der Waals surface area contributed by atoms with Gasteiger partial charge in [0.05, 0.1) is 22.2 Å². The Balaban J connectivity index is 1.67. The van der Waals surface area contributed by atoms with E-state index in [1.165, 1.54) is 4.90 Å². The van der Waals surface area contributed by atoms with Crippen molar-refractivity contribution < 1.29 is 19.5 Å². The van der Waals surface area contributed by atoms with Crippen LogP contribution in [0.15, 0.2) is 29.8 Å². The van der Waals surface area contributed by atoms with Crippen molar-refractivity contribution in [2.24, 2.45) is 11.3 Å². The van der Waals surface area contributed by atoms with Crippen LogP contribution in [0.4, 0.5) is 0 Å². The first kappa shape index (κ1) is 27.8. The molecule has 0 saturated carbocycles. The zero-order valence-electron chi connectivity index (χ0n) is 22.0. The fraction of sp³-hybridized carbons (Fsp3) is 0.556. The van der Waals surface area contributed by atoms with Crippen LogP contribution in [-0.2, 0) is 20.9 Å². The lowest BCUT2D eigenvalue weighted by Gasteiger charge is -2.35. The smallest absolute Gasteiger partial charge is 0.246 e. The molecule has 0 spiro atoms. The van der Waals surface area contributed by atoms with Gasteiger partial charge in [-0.1, -0.05) is 58.9 Å². The maximum absolute atomic E-state index is 13.5. The number of aliphatic hydroxyl groups excluding tert-OH is 1. The average molecular weight is 515 g/mol. The van der Waals surface area contributed by atoms with Crippen LogP contribution in [0.5, 0.6) is 0 Å². The lowest BCUT2D eigenvalue weighted by atomic mass is 9.85. The number of benzene rings is 1. The second kappa shape index (κ2) is 11.5. The maximum Gasteiger partial charge on any atom is 0.246 e. The zero-order chi connectivity index (χ0) is 26.6.